The molecule has 192 valence electrons. The van der Waals surface area contributed by atoms with Gasteiger partial charge in [0, 0.05) is 29.7 Å². The van der Waals surface area contributed by atoms with Gasteiger partial charge in [-0.25, -0.2) is 18.1 Å². The molecule has 1 N–H and O–H groups in total. The van der Waals surface area contributed by atoms with Crippen molar-refractivity contribution in [1.29, 1.82) is 0 Å². The number of hydrogen-bond acceptors (Lipinski definition) is 6. The molecular formula is C25H25BrN6O4S. The maximum Gasteiger partial charge on any atom is 0.264 e. The van der Waals surface area contributed by atoms with Crippen LogP contribution in [0, 0.1) is 0 Å². The Balaban J connectivity index is 1.21. The molecule has 1 saturated heterocycles. The molecule has 0 saturated carbocycles. The molecule has 0 atom stereocenters. The molecule has 0 radical (unpaired) electrons. The second kappa shape index (κ2) is 10.6. The van der Waals surface area contributed by atoms with Crippen molar-refractivity contribution in [2.75, 3.05) is 19.6 Å². The van der Waals surface area contributed by atoms with E-state index in [4.69, 9.17) is 0 Å². The highest BCUT2D eigenvalue weighted by atomic mass is 79.9. The van der Waals surface area contributed by atoms with Gasteiger partial charge in [-0.1, -0.05) is 28.1 Å². The normalized spacial score (nSPS) is 14.3. The Bertz CT molecular complexity index is 1590. The number of carbonyl (C=O) groups excluding carboxylic acids is 1. The van der Waals surface area contributed by atoms with Gasteiger partial charge in [0.2, 0.25) is 10.0 Å². The van der Waals surface area contributed by atoms with Crippen molar-refractivity contribution in [2.45, 2.75) is 30.8 Å². The van der Waals surface area contributed by atoms with Gasteiger partial charge in [0.25, 0.3) is 11.5 Å². The lowest BCUT2D eigenvalue weighted by molar-refractivity contribution is 0.0952. The smallest absolute Gasteiger partial charge is 0.264 e. The van der Waals surface area contributed by atoms with Crippen LogP contribution < -0.4 is 10.9 Å². The first-order valence-electron chi connectivity index (χ1n) is 11.9. The highest BCUT2D eigenvalue weighted by Gasteiger charge is 2.27. The van der Waals surface area contributed by atoms with Gasteiger partial charge in [-0.3, -0.25) is 14.2 Å². The van der Waals surface area contributed by atoms with Crippen molar-refractivity contribution in [3.05, 3.63) is 87.0 Å². The summed E-state index contributed by atoms with van der Waals surface area (Å²) < 4.78 is 30.9. The summed E-state index contributed by atoms with van der Waals surface area (Å²) in [5.74, 6) is -0.327. The lowest BCUT2D eigenvalue weighted by atomic mass is 10.2. The third-order valence-corrected chi connectivity index (χ3v) is 8.76. The number of carbonyl (C=O) groups is 1. The first-order valence-corrected chi connectivity index (χ1v) is 14.1. The minimum atomic E-state index is -3.52. The summed E-state index contributed by atoms with van der Waals surface area (Å²) in [6.45, 7) is 2.03. The zero-order chi connectivity index (χ0) is 26.0. The fourth-order valence-corrected chi connectivity index (χ4v) is 6.07. The van der Waals surface area contributed by atoms with E-state index in [9.17, 15) is 18.0 Å². The van der Waals surface area contributed by atoms with E-state index in [1.165, 1.54) is 45.7 Å². The Morgan fingerprint density at radius 2 is 1.73 bits per heavy atom. The van der Waals surface area contributed by atoms with E-state index in [0.717, 1.165) is 22.9 Å². The molecular weight excluding hydrogens is 560 g/mol. The summed E-state index contributed by atoms with van der Waals surface area (Å²) in [5.41, 5.74) is 1.60. The highest BCUT2D eigenvalue weighted by molar-refractivity contribution is 9.10. The van der Waals surface area contributed by atoms with Crippen LogP contribution >= 0.6 is 15.9 Å². The number of benzene rings is 2. The van der Waals surface area contributed by atoms with E-state index >= 15 is 0 Å². The Morgan fingerprint density at radius 1 is 1.03 bits per heavy atom. The largest absolute Gasteiger partial charge is 0.350 e. The number of fused-ring (bicyclic) bond motifs is 1. The van der Waals surface area contributed by atoms with Crippen molar-refractivity contribution < 1.29 is 13.2 Å². The van der Waals surface area contributed by atoms with Crippen molar-refractivity contribution >= 4 is 42.9 Å². The summed E-state index contributed by atoms with van der Waals surface area (Å²) in [6.07, 6.45) is 4.72. The summed E-state index contributed by atoms with van der Waals surface area (Å²) >= 11 is 3.40. The molecule has 1 aliphatic rings. The molecule has 2 aromatic heterocycles. The fourth-order valence-electron chi connectivity index (χ4n) is 4.29. The van der Waals surface area contributed by atoms with Gasteiger partial charge in [-0.15, -0.1) is 0 Å². The summed E-state index contributed by atoms with van der Waals surface area (Å²) in [5, 5.41) is 7.48. The number of aromatic nitrogens is 4. The van der Waals surface area contributed by atoms with Crippen LogP contribution in [-0.4, -0.2) is 57.6 Å². The zero-order valence-electron chi connectivity index (χ0n) is 19.9. The van der Waals surface area contributed by atoms with Gasteiger partial charge in [0.1, 0.15) is 11.7 Å². The maximum absolute atomic E-state index is 12.9. The monoisotopic (exact) mass is 584 g/mol. The minimum Gasteiger partial charge on any atom is -0.350 e. The molecule has 0 bridgehead atoms. The summed E-state index contributed by atoms with van der Waals surface area (Å²) in [7, 11) is -3.52. The molecule has 12 heteroatoms. The predicted molar refractivity (Wildman–Crippen MR) is 142 cm³/mol. The van der Waals surface area contributed by atoms with Crippen molar-refractivity contribution in [1.82, 2.24) is 29.0 Å². The van der Waals surface area contributed by atoms with Crippen molar-refractivity contribution in [3.8, 4) is 0 Å². The van der Waals surface area contributed by atoms with Crippen molar-refractivity contribution in [3.63, 3.8) is 0 Å². The first kappa shape index (κ1) is 25.3. The van der Waals surface area contributed by atoms with Crippen LogP contribution in [0.15, 0.2) is 75.2 Å². The molecule has 3 heterocycles. The lowest BCUT2D eigenvalue weighted by Gasteiger charge is -2.15. The number of nitrogens with zero attached hydrogens (tertiary/aromatic N) is 5. The quantitative estimate of drug-likeness (QED) is 0.340. The molecule has 1 aliphatic heterocycles. The van der Waals surface area contributed by atoms with Crippen LogP contribution in [0.5, 0.6) is 0 Å². The molecule has 1 fully saturated rings. The standard InChI is InChI=1S/C25H25BrN6O4S/c26-20-7-3-18(4-8-20)16-30-17-28-23-22(25(30)34)15-29-32(23)14-11-27-24(33)19-5-9-21(10-6-19)37(35,36)31-12-1-2-13-31/h3-10,15,17H,1-2,11-14,16H2,(H,27,33). The molecule has 4 aromatic rings. The molecule has 0 aliphatic carbocycles. The second-order valence-electron chi connectivity index (χ2n) is 8.80. The number of hydrogen-bond donors (Lipinski definition) is 1. The minimum absolute atomic E-state index is 0.186. The maximum atomic E-state index is 12.9. The molecule has 10 nitrogen and oxygen atoms in total. The average molecular weight is 585 g/mol. The molecule has 0 unspecified atom stereocenters. The second-order valence-corrected chi connectivity index (χ2v) is 11.7. The van der Waals surface area contributed by atoms with Crippen LogP contribution in [0.25, 0.3) is 11.0 Å². The van der Waals surface area contributed by atoms with Gasteiger partial charge < -0.3 is 5.32 Å². The third kappa shape index (κ3) is 5.36. The van der Waals surface area contributed by atoms with E-state index in [1.54, 1.807) is 4.68 Å². The first-order chi connectivity index (χ1) is 17.8. The molecule has 2 aromatic carbocycles. The van der Waals surface area contributed by atoms with Crippen LogP contribution in [-0.2, 0) is 23.1 Å². The number of halogens is 1. The Morgan fingerprint density at radius 3 is 2.43 bits per heavy atom. The predicted octanol–water partition coefficient (Wildman–Crippen LogP) is 2.62. The molecule has 37 heavy (non-hydrogen) atoms. The zero-order valence-corrected chi connectivity index (χ0v) is 22.3. The van der Waals surface area contributed by atoms with Crippen LogP contribution in [0.4, 0.5) is 0 Å². The number of amides is 1. The fraction of sp³-hybridized carbons (Fsp3) is 0.280. The Hall–Kier alpha value is -3.35. The highest BCUT2D eigenvalue weighted by Crippen LogP contribution is 2.21. The van der Waals surface area contributed by atoms with E-state index in [1.807, 2.05) is 24.3 Å². The van der Waals surface area contributed by atoms with Gasteiger partial charge in [-0.2, -0.15) is 9.40 Å². The van der Waals surface area contributed by atoms with Gasteiger partial charge in [0.05, 0.1) is 24.2 Å². The molecule has 5 rings (SSSR count). The number of sulfonamides is 1. The molecule has 1 amide bonds. The topological polar surface area (TPSA) is 119 Å². The van der Waals surface area contributed by atoms with Gasteiger partial charge in [-0.05, 0) is 54.8 Å². The van der Waals surface area contributed by atoms with E-state index in [-0.39, 0.29) is 22.9 Å². The van der Waals surface area contributed by atoms with Crippen LogP contribution in [0.2, 0.25) is 0 Å². The van der Waals surface area contributed by atoms with Gasteiger partial charge >= 0.3 is 0 Å². The number of nitrogens with one attached hydrogen (secondary N) is 1. The van der Waals surface area contributed by atoms with E-state index in [0.29, 0.717) is 42.8 Å². The third-order valence-electron chi connectivity index (χ3n) is 6.32. The molecule has 0 spiro atoms. The van der Waals surface area contributed by atoms with Crippen LogP contribution in [0.1, 0.15) is 28.8 Å². The Labute approximate surface area is 222 Å². The summed E-state index contributed by atoms with van der Waals surface area (Å²) in [4.78, 5) is 30.1. The van der Waals surface area contributed by atoms with E-state index < -0.39 is 10.0 Å². The average Bonchev–Trinajstić information content (AvgIpc) is 3.59. The summed E-state index contributed by atoms with van der Waals surface area (Å²) in [6, 6.07) is 13.7. The van der Waals surface area contributed by atoms with Crippen LogP contribution in [0.3, 0.4) is 0 Å². The SMILES string of the molecule is O=C(NCCn1ncc2c(=O)n(Cc3ccc(Br)cc3)cnc21)c1ccc(S(=O)(=O)N2CCCC2)cc1. The van der Waals surface area contributed by atoms with Crippen molar-refractivity contribution in [2.24, 2.45) is 0 Å². The lowest BCUT2D eigenvalue weighted by Crippen LogP contribution is -2.29. The Kier molecular flexibility index (Phi) is 7.22. The van der Waals surface area contributed by atoms with E-state index in [2.05, 4.69) is 31.3 Å². The van der Waals surface area contributed by atoms with Gasteiger partial charge in [0.15, 0.2) is 5.65 Å². The number of rotatable bonds is 8.